The summed E-state index contributed by atoms with van der Waals surface area (Å²) >= 11 is 12.0. The number of hydrogen-bond donors (Lipinski definition) is 1. The van der Waals surface area contributed by atoms with E-state index in [1.807, 2.05) is 0 Å². The van der Waals surface area contributed by atoms with Gasteiger partial charge in [0.05, 0.1) is 16.0 Å². The molecule has 0 amide bonds. The molecule has 0 heterocycles. The minimum Gasteiger partial charge on any atom is -0.378 e. The zero-order valence-corrected chi connectivity index (χ0v) is 12.5. The molecule has 0 radical (unpaired) electrons. The van der Waals surface area contributed by atoms with Crippen LogP contribution in [0.15, 0.2) is 36.4 Å². The monoisotopic (exact) mass is 328 g/mol. The summed E-state index contributed by atoms with van der Waals surface area (Å²) in [7, 11) is 0. The van der Waals surface area contributed by atoms with Gasteiger partial charge in [0.1, 0.15) is 5.82 Å². The maximum atomic E-state index is 13.5. The molecule has 0 saturated carbocycles. The zero-order chi connectivity index (χ0) is 15.6. The summed E-state index contributed by atoms with van der Waals surface area (Å²) in [6.07, 6.45) is 0. The quantitative estimate of drug-likeness (QED) is 0.476. The van der Waals surface area contributed by atoms with Crippen molar-refractivity contribution in [1.82, 2.24) is 0 Å². The maximum Gasteiger partial charge on any atom is 0.269 e. The molecule has 0 aliphatic rings. The highest BCUT2D eigenvalue weighted by Gasteiger charge is 2.17. The molecule has 0 saturated heterocycles. The standard InChI is InChI=1S/C14H11Cl2FN2O2/c1-8(13-11(15)6-7-12(17)14(13)16)18-9-2-4-10(5-3-9)19(20)21/h2-8,18H,1H3. The Balaban J connectivity index is 2.24. The number of rotatable bonds is 4. The maximum absolute atomic E-state index is 13.5. The molecular weight excluding hydrogens is 318 g/mol. The number of nitro groups is 1. The Hall–Kier alpha value is -1.85. The van der Waals surface area contributed by atoms with E-state index in [0.717, 1.165) is 0 Å². The Morgan fingerprint density at radius 3 is 2.38 bits per heavy atom. The van der Waals surface area contributed by atoms with Gasteiger partial charge >= 0.3 is 0 Å². The van der Waals surface area contributed by atoms with Crippen LogP contribution in [0.25, 0.3) is 0 Å². The molecule has 7 heteroatoms. The van der Waals surface area contributed by atoms with Gasteiger partial charge in [0, 0.05) is 28.4 Å². The van der Waals surface area contributed by atoms with Crippen LogP contribution in [0.1, 0.15) is 18.5 Å². The van der Waals surface area contributed by atoms with Crippen molar-refractivity contribution in [1.29, 1.82) is 0 Å². The molecule has 0 spiro atoms. The second kappa shape index (κ2) is 6.28. The first-order chi connectivity index (χ1) is 9.90. The average Bonchev–Trinajstić information content (AvgIpc) is 2.44. The Morgan fingerprint density at radius 1 is 1.19 bits per heavy atom. The molecule has 2 aromatic carbocycles. The lowest BCUT2D eigenvalue weighted by molar-refractivity contribution is -0.384. The van der Waals surface area contributed by atoms with Gasteiger partial charge in [0.2, 0.25) is 0 Å². The lowest BCUT2D eigenvalue weighted by Gasteiger charge is -2.18. The molecule has 21 heavy (non-hydrogen) atoms. The van der Waals surface area contributed by atoms with Gasteiger partial charge in [-0.15, -0.1) is 0 Å². The second-order valence-corrected chi connectivity index (χ2v) is 5.21. The summed E-state index contributed by atoms with van der Waals surface area (Å²) in [4.78, 5) is 10.1. The molecule has 1 N–H and O–H groups in total. The van der Waals surface area contributed by atoms with E-state index >= 15 is 0 Å². The van der Waals surface area contributed by atoms with Gasteiger partial charge in [-0.25, -0.2) is 4.39 Å². The summed E-state index contributed by atoms with van der Waals surface area (Å²) in [6.45, 7) is 1.77. The van der Waals surface area contributed by atoms with Crippen molar-refractivity contribution in [3.63, 3.8) is 0 Å². The Labute approximate surface area is 130 Å². The van der Waals surface area contributed by atoms with Gasteiger partial charge < -0.3 is 5.32 Å². The third-order valence-corrected chi connectivity index (χ3v) is 3.69. The first-order valence-corrected chi connectivity index (χ1v) is 6.80. The molecule has 1 unspecified atom stereocenters. The first kappa shape index (κ1) is 15.5. The number of anilines is 1. The highest BCUT2D eigenvalue weighted by Crippen LogP contribution is 2.34. The molecule has 0 aromatic heterocycles. The average molecular weight is 329 g/mol. The van der Waals surface area contributed by atoms with Gasteiger partial charge in [0.25, 0.3) is 5.69 Å². The third kappa shape index (κ3) is 3.43. The minimum absolute atomic E-state index is 0.00461. The van der Waals surface area contributed by atoms with Gasteiger partial charge in [-0.1, -0.05) is 23.2 Å². The van der Waals surface area contributed by atoms with Gasteiger partial charge in [-0.2, -0.15) is 0 Å². The summed E-state index contributed by atoms with van der Waals surface area (Å²) < 4.78 is 13.5. The van der Waals surface area contributed by atoms with Gasteiger partial charge in [-0.3, -0.25) is 10.1 Å². The third-order valence-electron chi connectivity index (χ3n) is 2.97. The van der Waals surface area contributed by atoms with Crippen molar-refractivity contribution in [3.05, 3.63) is 67.9 Å². The molecule has 2 rings (SSSR count). The van der Waals surface area contributed by atoms with Crippen LogP contribution in [-0.4, -0.2) is 4.92 Å². The van der Waals surface area contributed by atoms with Crippen LogP contribution in [0, 0.1) is 15.9 Å². The molecule has 0 fully saturated rings. The largest absolute Gasteiger partial charge is 0.378 e. The predicted molar refractivity (Wildman–Crippen MR) is 81.6 cm³/mol. The van der Waals surface area contributed by atoms with Crippen molar-refractivity contribution < 1.29 is 9.31 Å². The fraction of sp³-hybridized carbons (Fsp3) is 0.143. The van der Waals surface area contributed by atoms with Crippen LogP contribution in [0.2, 0.25) is 10.0 Å². The van der Waals surface area contributed by atoms with E-state index in [-0.39, 0.29) is 16.8 Å². The molecule has 0 bridgehead atoms. The van der Waals surface area contributed by atoms with E-state index < -0.39 is 10.7 Å². The number of nitrogens with one attached hydrogen (secondary N) is 1. The number of nitro benzene ring substituents is 1. The van der Waals surface area contributed by atoms with Gasteiger partial charge in [-0.05, 0) is 31.2 Å². The second-order valence-electron chi connectivity index (χ2n) is 4.43. The Morgan fingerprint density at radius 2 is 1.81 bits per heavy atom. The van der Waals surface area contributed by atoms with Crippen LogP contribution >= 0.6 is 23.2 Å². The van der Waals surface area contributed by atoms with E-state index in [0.29, 0.717) is 16.3 Å². The van der Waals surface area contributed by atoms with Crippen molar-refractivity contribution >= 4 is 34.6 Å². The van der Waals surface area contributed by atoms with E-state index in [1.165, 1.54) is 24.3 Å². The number of halogens is 3. The number of nitrogens with zero attached hydrogens (tertiary/aromatic N) is 1. The van der Waals surface area contributed by atoms with Crippen LogP contribution in [0.4, 0.5) is 15.8 Å². The van der Waals surface area contributed by atoms with Crippen molar-refractivity contribution in [2.45, 2.75) is 13.0 Å². The molecule has 2 aromatic rings. The predicted octanol–water partition coefficient (Wildman–Crippen LogP) is 5.21. The Bertz CT molecular complexity index is 677. The summed E-state index contributed by atoms with van der Waals surface area (Å²) in [6, 6.07) is 8.17. The molecule has 0 aliphatic heterocycles. The molecular formula is C14H11Cl2FN2O2. The van der Waals surface area contributed by atoms with E-state index in [2.05, 4.69) is 5.32 Å². The van der Waals surface area contributed by atoms with Crippen LogP contribution in [0.5, 0.6) is 0 Å². The first-order valence-electron chi connectivity index (χ1n) is 6.04. The number of non-ortho nitro benzene ring substituents is 1. The normalized spacial score (nSPS) is 12.0. The fourth-order valence-electron chi connectivity index (χ4n) is 1.94. The fourth-order valence-corrected chi connectivity index (χ4v) is 2.64. The molecule has 1 atom stereocenters. The SMILES string of the molecule is CC(Nc1ccc([N+](=O)[O-])cc1)c1c(Cl)ccc(F)c1Cl. The van der Waals surface area contributed by atoms with Crippen molar-refractivity contribution in [2.24, 2.45) is 0 Å². The Kier molecular flexibility index (Phi) is 4.65. The topological polar surface area (TPSA) is 55.2 Å². The molecule has 4 nitrogen and oxygen atoms in total. The van der Waals surface area contributed by atoms with Crippen molar-refractivity contribution in [2.75, 3.05) is 5.32 Å². The van der Waals surface area contributed by atoms with Gasteiger partial charge in [0.15, 0.2) is 0 Å². The van der Waals surface area contributed by atoms with Crippen molar-refractivity contribution in [3.8, 4) is 0 Å². The smallest absolute Gasteiger partial charge is 0.269 e. The highest BCUT2D eigenvalue weighted by molar-refractivity contribution is 6.36. The van der Waals surface area contributed by atoms with Crippen LogP contribution in [-0.2, 0) is 0 Å². The summed E-state index contributed by atoms with van der Waals surface area (Å²) in [5.74, 6) is -0.548. The van der Waals surface area contributed by atoms with Crippen LogP contribution < -0.4 is 5.32 Å². The lowest BCUT2D eigenvalue weighted by atomic mass is 10.1. The number of benzene rings is 2. The number of hydrogen-bond acceptors (Lipinski definition) is 3. The van der Waals surface area contributed by atoms with Crippen LogP contribution in [0.3, 0.4) is 0 Å². The van der Waals surface area contributed by atoms with E-state index in [1.54, 1.807) is 19.1 Å². The lowest BCUT2D eigenvalue weighted by Crippen LogP contribution is -2.08. The molecule has 110 valence electrons. The minimum atomic E-state index is -0.548. The van der Waals surface area contributed by atoms with E-state index in [4.69, 9.17) is 23.2 Å². The zero-order valence-electron chi connectivity index (χ0n) is 10.9. The molecule has 0 aliphatic carbocycles. The summed E-state index contributed by atoms with van der Waals surface area (Å²) in [5, 5.41) is 14.0. The summed E-state index contributed by atoms with van der Waals surface area (Å²) in [5.41, 5.74) is 1.08. The highest BCUT2D eigenvalue weighted by atomic mass is 35.5. The van der Waals surface area contributed by atoms with E-state index in [9.17, 15) is 14.5 Å².